The number of hydrogen-bond acceptors (Lipinski definition) is 1. The van der Waals surface area contributed by atoms with E-state index in [-0.39, 0.29) is 0 Å². The molecule has 1 heterocycles. The highest BCUT2D eigenvalue weighted by molar-refractivity contribution is 7.07. The standard InChI is InChI=1S/C4H4S.C2H4Cl2/c1-2-4-5-3-1;3-1-2-4/h1-4H;1-2H2. The van der Waals surface area contributed by atoms with E-state index in [2.05, 4.69) is 0 Å². The van der Waals surface area contributed by atoms with Crippen LogP contribution in [0.5, 0.6) is 0 Å². The van der Waals surface area contributed by atoms with Crippen molar-refractivity contribution in [1.29, 1.82) is 0 Å². The molecule has 0 aromatic carbocycles. The second kappa shape index (κ2) is 8.28. The molecule has 0 nitrogen and oxygen atoms in total. The van der Waals surface area contributed by atoms with E-state index in [1.165, 1.54) is 0 Å². The van der Waals surface area contributed by atoms with Crippen LogP contribution < -0.4 is 0 Å². The highest BCUT2D eigenvalue weighted by Crippen LogP contribution is 1.91. The minimum absolute atomic E-state index is 0.557. The third-order valence-corrected chi connectivity index (χ3v) is 1.70. The molecule has 0 amide bonds. The van der Waals surface area contributed by atoms with Crippen molar-refractivity contribution in [3.63, 3.8) is 0 Å². The Bertz CT molecular complexity index is 86.6. The van der Waals surface area contributed by atoms with Gasteiger partial charge in [-0.3, -0.25) is 0 Å². The highest BCUT2D eigenvalue weighted by atomic mass is 35.5. The Hall–Kier alpha value is 0.280. The third-order valence-electron chi connectivity index (χ3n) is 0.497. The Morgan fingerprint density at radius 3 is 1.56 bits per heavy atom. The summed E-state index contributed by atoms with van der Waals surface area (Å²) in [4.78, 5) is 0. The molecule has 0 bridgehead atoms. The molecule has 0 aliphatic carbocycles. The molecule has 1 aromatic heterocycles. The SMILES string of the molecule is ClCCCl.c1ccsc1. The Morgan fingerprint density at radius 1 is 1.00 bits per heavy atom. The lowest BCUT2D eigenvalue weighted by molar-refractivity contribution is 1.52. The maximum atomic E-state index is 5.05. The van der Waals surface area contributed by atoms with Crippen LogP contribution in [0.1, 0.15) is 0 Å². The fourth-order valence-electron chi connectivity index (χ4n) is 0.227. The summed E-state index contributed by atoms with van der Waals surface area (Å²) in [6.07, 6.45) is 0. The molecule has 9 heavy (non-hydrogen) atoms. The summed E-state index contributed by atoms with van der Waals surface area (Å²) < 4.78 is 0. The zero-order valence-corrected chi connectivity index (χ0v) is 7.22. The van der Waals surface area contributed by atoms with Crippen LogP contribution in [0, 0.1) is 0 Å². The summed E-state index contributed by atoms with van der Waals surface area (Å²) in [7, 11) is 0. The van der Waals surface area contributed by atoms with E-state index in [4.69, 9.17) is 23.2 Å². The fourth-order valence-corrected chi connectivity index (χ4v) is 0.680. The minimum atomic E-state index is 0.557. The first-order valence-electron chi connectivity index (χ1n) is 2.51. The van der Waals surface area contributed by atoms with Gasteiger partial charge in [-0.2, -0.15) is 11.3 Å². The summed E-state index contributed by atoms with van der Waals surface area (Å²) in [6, 6.07) is 4.04. The molecular formula is C6H8Cl2S. The molecular weight excluding hydrogens is 175 g/mol. The quantitative estimate of drug-likeness (QED) is 0.586. The van der Waals surface area contributed by atoms with Crippen LogP contribution in [0.15, 0.2) is 22.9 Å². The zero-order chi connectivity index (χ0) is 6.95. The molecule has 0 spiro atoms. The molecule has 1 aromatic rings. The van der Waals surface area contributed by atoms with Crippen molar-refractivity contribution in [3.8, 4) is 0 Å². The van der Waals surface area contributed by atoms with Crippen LogP contribution >= 0.6 is 34.5 Å². The maximum absolute atomic E-state index is 5.05. The van der Waals surface area contributed by atoms with Crippen LogP contribution in [0.3, 0.4) is 0 Å². The Kier molecular flexibility index (Phi) is 8.54. The highest BCUT2D eigenvalue weighted by Gasteiger charge is 1.61. The molecule has 0 saturated carbocycles. The van der Waals surface area contributed by atoms with Gasteiger partial charge in [0.1, 0.15) is 0 Å². The summed E-state index contributed by atoms with van der Waals surface area (Å²) in [6.45, 7) is 0. The van der Waals surface area contributed by atoms with Crippen molar-refractivity contribution < 1.29 is 0 Å². The predicted octanol–water partition coefficient (Wildman–Crippen LogP) is 3.21. The molecule has 0 unspecified atom stereocenters. The van der Waals surface area contributed by atoms with Gasteiger partial charge in [-0.25, -0.2) is 0 Å². The van der Waals surface area contributed by atoms with Gasteiger partial charge in [-0.05, 0) is 10.8 Å². The van der Waals surface area contributed by atoms with E-state index in [1.807, 2.05) is 22.9 Å². The van der Waals surface area contributed by atoms with Gasteiger partial charge < -0.3 is 0 Å². The van der Waals surface area contributed by atoms with Crippen molar-refractivity contribution in [1.82, 2.24) is 0 Å². The van der Waals surface area contributed by atoms with Gasteiger partial charge in [0.2, 0.25) is 0 Å². The van der Waals surface area contributed by atoms with Gasteiger partial charge in [-0.15, -0.1) is 23.2 Å². The van der Waals surface area contributed by atoms with Crippen LogP contribution in [0.2, 0.25) is 0 Å². The predicted molar refractivity (Wildman–Crippen MR) is 45.8 cm³/mol. The molecule has 3 heteroatoms. The number of thiophene rings is 1. The normalized spacial score (nSPS) is 7.78. The molecule has 0 saturated heterocycles. The summed E-state index contributed by atoms with van der Waals surface area (Å²) >= 11 is 11.8. The van der Waals surface area contributed by atoms with Crippen LogP contribution in [-0.2, 0) is 0 Å². The van der Waals surface area contributed by atoms with Crippen molar-refractivity contribution >= 4 is 34.5 Å². The average molecular weight is 183 g/mol. The molecule has 0 aliphatic heterocycles. The summed E-state index contributed by atoms with van der Waals surface area (Å²) in [5, 5.41) is 4.08. The lowest BCUT2D eigenvalue weighted by atomic mass is 10.7. The maximum Gasteiger partial charge on any atom is 0.0359 e. The Labute approximate surface area is 69.4 Å². The third kappa shape index (κ3) is 8.28. The first-order chi connectivity index (χ1) is 4.41. The summed E-state index contributed by atoms with van der Waals surface area (Å²) in [5.74, 6) is 1.11. The van der Waals surface area contributed by atoms with Crippen molar-refractivity contribution in [2.75, 3.05) is 11.8 Å². The topological polar surface area (TPSA) is 0 Å². The lowest BCUT2D eigenvalue weighted by Crippen LogP contribution is -1.63. The minimum Gasteiger partial charge on any atom is -0.152 e. The van der Waals surface area contributed by atoms with Crippen molar-refractivity contribution in [3.05, 3.63) is 22.9 Å². The second-order valence-electron chi connectivity index (χ2n) is 1.17. The van der Waals surface area contributed by atoms with E-state index in [1.54, 1.807) is 11.3 Å². The Balaban J connectivity index is 0.000000148. The van der Waals surface area contributed by atoms with Gasteiger partial charge in [0.15, 0.2) is 0 Å². The molecule has 52 valence electrons. The molecule has 0 aliphatic rings. The number of rotatable bonds is 1. The largest absolute Gasteiger partial charge is 0.152 e. The van der Waals surface area contributed by atoms with Gasteiger partial charge in [0.25, 0.3) is 0 Å². The van der Waals surface area contributed by atoms with E-state index in [0.29, 0.717) is 11.8 Å². The van der Waals surface area contributed by atoms with Gasteiger partial charge in [0, 0.05) is 11.8 Å². The van der Waals surface area contributed by atoms with Crippen molar-refractivity contribution in [2.24, 2.45) is 0 Å². The number of alkyl halides is 2. The second-order valence-corrected chi connectivity index (χ2v) is 2.74. The number of halogens is 2. The van der Waals surface area contributed by atoms with Gasteiger partial charge in [0.05, 0.1) is 0 Å². The van der Waals surface area contributed by atoms with Gasteiger partial charge in [-0.1, -0.05) is 12.1 Å². The first-order valence-corrected chi connectivity index (χ1v) is 4.52. The molecule has 0 atom stereocenters. The number of hydrogen-bond donors (Lipinski definition) is 0. The first kappa shape index (κ1) is 9.28. The van der Waals surface area contributed by atoms with Gasteiger partial charge >= 0.3 is 0 Å². The van der Waals surface area contributed by atoms with Crippen LogP contribution in [0.4, 0.5) is 0 Å². The molecule has 0 radical (unpaired) electrons. The molecule has 1 rings (SSSR count). The van der Waals surface area contributed by atoms with Crippen LogP contribution in [-0.4, -0.2) is 11.8 Å². The zero-order valence-electron chi connectivity index (χ0n) is 4.89. The van der Waals surface area contributed by atoms with E-state index < -0.39 is 0 Å². The average Bonchev–Trinajstić information content (AvgIpc) is 2.43. The smallest absolute Gasteiger partial charge is 0.0359 e. The lowest BCUT2D eigenvalue weighted by Gasteiger charge is -1.63. The van der Waals surface area contributed by atoms with E-state index in [9.17, 15) is 0 Å². The van der Waals surface area contributed by atoms with E-state index >= 15 is 0 Å². The van der Waals surface area contributed by atoms with Crippen LogP contribution in [0.25, 0.3) is 0 Å². The fraction of sp³-hybridized carbons (Fsp3) is 0.333. The van der Waals surface area contributed by atoms with E-state index in [0.717, 1.165) is 0 Å². The summed E-state index contributed by atoms with van der Waals surface area (Å²) in [5.41, 5.74) is 0. The van der Waals surface area contributed by atoms with Crippen molar-refractivity contribution in [2.45, 2.75) is 0 Å². The molecule has 0 fully saturated rings. The molecule has 0 N–H and O–H groups in total. The monoisotopic (exact) mass is 182 g/mol. The Morgan fingerprint density at radius 2 is 1.44 bits per heavy atom.